The van der Waals surface area contributed by atoms with Crippen molar-refractivity contribution in [3.63, 3.8) is 0 Å². The molecule has 0 bridgehead atoms. The molecule has 4 fully saturated rings. The van der Waals surface area contributed by atoms with Gasteiger partial charge < -0.3 is 5.11 Å². The van der Waals surface area contributed by atoms with Gasteiger partial charge in [0, 0.05) is 6.42 Å². The number of aliphatic hydroxyl groups excluding tert-OH is 1. The Morgan fingerprint density at radius 3 is 2.31 bits per heavy atom. The summed E-state index contributed by atoms with van der Waals surface area (Å²) in [6, 6.07) is 0. The van der Waals surface area contributed by atoms with Crippen LogP contribution in [0.25, 0.3) is 0 Å². The van der Waals surface area contributed by atoms with Crippen LogP contribution in [0.15, 0.2) is 0 Å². The molecule has 4 saturated carbocycles. The SMILES string of the molecule is CC12CCC3[C@@H](CC[C@@H]4C[C@@H](O)CC[C@]34C)C1CC[C@@H]2CCC(F)(F)F. The molecule has 4 rings (SSSR count). The third-order valence-corrected chi connectivity index (χ3v) is 9.61. The van der Waals surface area contributed by atoms with Gasteiger partial charge in [-0.15, -0.1) is 0 Å². The molecule has 0 radical (unpaired) electrons. The monoisotopic (exact) mass is 372 g/mol. The van der Waals surface area contributed by atoms with Gasteiger partial charge in [0.15, 0.2) is 0 Å². The first-order valence-electron chi connectivity index (χ1n) is 10.9. The second-order valence-electron chi connectivity index (χ2n) is 10.6. The molecule has 4 aliphatic carbocycles. The quantitative estimate of drug-likeness (QED) is 0.599. The van der Waals surface area contributed by atoms with E-state index in [4.69, 9.17) is 0 Å². The first kappa shape index (κ1) is 19.1. The first-order valence-corrected chi connectivity index (χ1v) is 10.9. The second-order valence-corrected chi connectivity index (χ2v) is 10.6. The Balaban J connectivity index is 1.51. The number of aliphatic hydroxyl groups is 1. The van der Waals surface area contributed by atoms with Crippen LogP contribution in [0.4, 0.5) is 13.2 Å². The zero-order chi connectivity index (χ0) is 18.7. The van der Waals surface area contributed by atoms with Crippen LogP contribution in [-0.4, -0.2) is 17.4 Å². The predicted molar refractivity (Wildman–Crippen MR) is 96.5 cm³/mol. The van der Waals surface area contributed by atoms with Gasteiger partial charge in [-0.1, -0.05) is 13.8 Å². The van der Waals surface area contributed by atoms with Gasteiger partial charge in [0.2, 0.25) is 0 Å². The first-order chi connectivity index (χ1) is 12.1. The van der Waals surface area contributed by atoms with E-state index in [9.17, 15) is 18.3 Å². The fraction of sp³-hybridized carbons (Fsp3) is 1.00. The summed E-state index contributed by atoms with van der Waals surface area (Å²) in [6.45, 7) is 4.79. The second kappa shape index (κ2) is 6.39. The average Bonchev–Trinajstić information content (AvgIpc) is 2.89. The van der Waals surface area contributed by atoms with Gasteiger partial charge in [-0.25, -0.2) is 0 Å². The lowest BCUT2D eigenvalue weighted by molar-refractivity contribution is -0.146. The van der Waals surface area contributed by atoms with Gasteiger partial charge in [-0.3, -0.25) is 0 Å². The molecule has 4 aliphatic rings. The Morgan fingerprint density at radius 2 is 1.58 bits per heavy atom. The van der Waals surface area contributed by atoms with Gasteiger partial charge >= 0.3 is 6.18 Å². The lowest BCUT2D eigenvalue weighted by Crippen LogP contribution is -2.53. The highest BCUT2D eigenvalue weighted by Gasteiger charge is 2.60. The van der Waals surface area contributed by atoms with Crippen LogP contribution in [-0.2, 0) is 0 Å². The fourth-order valence-electron chi connectivity index (χ4n) is 8.16. The Morgan fingerprint density at radius 1 is 0.885 bits per heavy atom. The molecule has 26 heavy (non-hydrogen) atoms. The van der Waals surface area contributed by atoms with Crippen LogP contribution in [0.3, 0.4) is 0 Å². The molecule has 1 nitrogen and oxygen atoms in total. The number of hydrogen-bond acceptors (Lipinski definition) is 1. The third kappa shape index (κ3) is 3.02. The smallest absolute Gasteiger partial charge is 0.389 e. The van der Waals surface area contributed by atoms with E-state index in [1.807, 2.05) is 0 Å². The lowest BCUT2D eigenvalue weighted by Gasteiger charge is -2.61. The summed E-state index contributed by atoms with van der Waals surface area (Å²) in [6.07, 6.45) is 5.56. The maximum absolute atomic E-state index is 12.8. The van der Waals surface area contributed by atoms with Gasteiger partial charge in [0.1, 0.15) is 0 Å². The van der Waals surface area contributed by atoms with E-state index >= 15 is 0 Å². The molecule has 8 atom stereocenters. The summed E-state index contributed by atoms with van der Waals surface area (Å²) in [5.74, 6) is 2.98. The van der Waals surface area contributed by atoms with Gasteiger partial charge in [-0.05, 0) is 105 Å². The maximum atomic E-state index is 12.8. The van der Waals surface area contributed by atoms with E-state index in [1.54, 1.807) is 0 Å². The van der Waals surface area contributed by atoms with E-state index < -0.39 is 12.6 Å². The predicted octanol–water partition coefficient (Wildman–Crippen LogP) is 6.35. The Kier molecular flexibility index (Phi) is 4.69. The van der Waals surface area contributed by atoms with Crippen molar-refractivity contribution < 1.29 is 18.3 Å². The molecule has 3 unspecified atom stereocenters. The summed E-state index contributed by atoms with van der Waals surface area (Å²) in [7, 11) is 0. The minimum atomic E-state index is -4.01. The minimum Gasteiger partial charge on any atom is -0.393 e. The van der Waals surface area contributed by atoms with Crippen molar-refractivity contribution in [3.05, 3.63) is 0 Å². The summed E-state index contributed by atoms with van der Waals surface area (Å²) >= 11 is 0. The molecule has 150 valence electrons. The molecule has 0 amide bonds. The highest BCUT2D eigenvalue weighted by molar-refractivity contribution is 5.09. The van der Waals surface area contributed by atoms with Crippen molar-refractivity contribution in [1.29, 1.82) is 0 Å². The summed E-state index contributed by atoms with van der Waals surface area (Å²) < 4.78 is 38.3. The normalized spacial score (nSPS) is 51.5. The van der Waals surface area contributed by atoms with Gasteiger partial charge in [0.05, 0.1) is 6.10 Å². The van der Waals surface area contributed by atoms with E-state index in [0.717, 1.165) is 44.4 Å². The van der Waals surface area contributed by atoms with Gasteiger partial charge in [0.25, 0.3) is 0 Å². The number of rotatable bonds is 2. The van der Waals surface area contributed by atoms with E-state index in [2.05, 4.69) is 13.8 Å². The van der Waals surface area contributed by atoms with Crippen molar-refractivity contribution in [2.45, 2.75) is 96.8 Å². The summed E-state index contributed by atoms with van der Waals surface area (Å²) in [5, 5.41) is 10.1. The maximum Gasteiger partial charge on any atom is 0.389 e. The van der Waals surface area contributed by atoms with Crippen LogP contribution < -0.4 is 0 Å². The lowest BCUT2D eigenvalue weighted by atomic mass is 9.44. The van der Waals surface area contributed by atoms with Crippen molar-refractivity contribution in [2.75, 3.05) is 0 Å². The third-order valence-electron chi connectivity index (χ3n) is 9.61. The molecule has 0 aromatic carbocycles. The molecular weight excluding hydrogens is 337 g/mol. The highest BCUT2D eigenvalue weighted by atomic mass is 19.4. The standard InChI is InChI=1S/C22H35F3O/c1-20-11-9-19-17(5-3-15-13-16(26)8-10-21(15,19)2)18(20)6-4-14(20)7-12-22(23,24)25/h14-19,26H,3-13H2,1-2H3/t14-,15-,16+,17+,18?,19?,20?,21+/m1/s1. The van der Waals surface area contributed by atoms with Crippen LogP contribution in [0.5, 0.6) is 0 Å². The highest BCUT2D eigenvalue weighted by Crippen LogP contribution is 2.68. The molecule has 0 aromatic rings. The Hall–Kier alpha value is -0.250. The average molecular weight is 373 g/mol. The minimum absolute atomic E-state index is 0.114. The fourth-order valence-corrected chi connectivity index (χ4v) is 8.16. The Labute approximate surface area is 156 Å². The van der Waals surface area contributed by atoms with Gasteiger partial charge in [-0.2, -0.15) is 13.2 Å². The van der Waals surface area contributed by atoms with E-state index in [0.29, 0.717) is 29.6 Å². The zero-order valence-corrected chi connectivity index (χ0v) is 16.3. The van der Waals surface area contributed by atoms with E-state index in [-0.39, 0.29) is 17.4 Å². The van der Waals surface area contributed by atoms with Crippen LogP contribution in [0, 0.1) is 40.4 Å². The molecular formula is C22H35F3O. The molecule has 0 heterocycles. The number of hydrogen-bond donors (Lipinski definition) is 1. The molecule has 0 aromatic heterocycles. The van der Waals surface area contributed by atoms with Crippen LogP contribution >= 0.6 is 0 Å². The van der Waals surface area contributed by atoms with Crippen molar-refractivity contribution in [1.82, 2.24) is 0 Å². The summed E-state index contributed by atoms with van der Waals surface area (Å²) in [5.41, 5.74) is 0.483. The number of alkyl halides is 3. The van der Waals surface area contributed by atoms with E-state index in [1.165, 1.54) is 19.3 Å². The summed E-state index contributed by atoms with van der Waals surface area (Å²) in [4.78, 5) is 0. The molecule has 0 saturated heterocycles. The topological polar surface area (TPSA) is 20.2 Å². The zero-order valence-electron chi connectivity index (χ0n) is 16.3. The number of fused-ring (bicyclic) bond motifs is 5. The molecule has 0 spiro atoms. The molecule has 0 aliphatic heterocycles. The largest absolute Gasteiger partial charge is 0.393 e. The van der Waals surface area contributed by atoms with Crippen molar-refractivity contribution in [3.8, 4) is 0 Å². The van der Waals surface area contributed by atoms with Crippen molar-refractivity contribution in [2.24, 2.45) is 40.4 Å². The Bertz CT molecular complexity index is 532. The van der Waals surface area contributed by atoms with Crippen molar-refractivity contribution >= 4 is 0 Å². The van der Waals surface area contributed by atoms with Crippen LogP contribution in [0.2, 0.25) is 0 Å². The van der Waals surface area contributed by atoms with Crippen LogP contribution in [0.1, 0.15) is 84.5 Å². The number of halogens is 3. The molecule has 4 heteroatoms. The molecule has 1 N–H and O–H groups in total.